The van der Waals surface area contributed by atoms with Crippen LogP contribution in [0.25, 0.3) is 0 Å². The lowest BCUT2D eigenvalue weighted by Gasteiger charge is -2.20. The number of carbonyl (C=O) groups excluding carboxylic acids is 1. The van der Waals surface area contributed by atoms with E-state index >= 15 is 0 Å². The largest absolute Gasteiger partial charge is 0.465 e. The number of carbonyl (C=O) groups is 1. The number of ether oxygens (including phenoxy) is 1. The minimum absolute atomic E-state index is 0.371. The summed E-state index contributed by atoms with van der Waals surface area (Å²) in [4.78, 5) is 11.4. The van der Waals surface area contributed by atoms with E-state index in [0.717, 1.165) is 32.5 Å². The zero-order chi connectivity index (χ0) is 14.1. The molecule has 1 rings (SSSR count). The zero-order valence-electron chi connectivity index (χ0n) is 9.90. The monoisotopic (exact) mass is 279 g/mol. The van der Waals surface area contributed by atoms with E-state index in [1.54, 1.807) is 0 Å². The van der Waals surface area contributed by atoms with Gasteiger partial charge in [0.15, 0.2) is 11.6 Å². The molecule has 5 nitrogen and oxygen atoms in total. The van der Waals surface area contributed by atoms with E-state index in [9.17, 15) is 22.0 Å². The molecule has 0 aromatic heterocycles. The van der Waals surface area contributed by atoms with Crippen molar-refractivity contribution in [3.63, 3.8) is 0 Å². The van der Waals surface area contributed by atoms with E-state index in [1.165, 1.54) is 0 Å². The third kappa shape index (κ3) is 2.58. The first-order valence-corrected chi connectivity index (χ1v) is 6.55. The van der Waals surface area contributed by atoms with Crippen molar-refractivity contribution >= 4 is 21.7 Å². The molecule has 0 amide bonds. The summed E-state index contributed by atoms with van der Waals surface area (Å²) in [6.07, 6.45) is 0.804. The number of anilines is 1. The standard InChI is InChI=1S/C10H11F2NO4S/c1-13(18(3,15)16)9-6(10(14)17-2)4-5-7(11)8(9)12/h4-5H,1-3H3. The van der Waals surface area contributed by atoms with Crippen molar-refractivity contribution in [3.05, 3.63) is 29.3 Å². The van der Waals surface area contributed by atoms with Gasteiger partial charge in [0.2, 0.25) is 10.0 Å². The van der Waals surface area contributed by atoms with Gasteiger partial charge in [-0.2, -0.15) is 0 Å². The summed E-state index contributed by atoms with van der Waals surface area (Å²) < 4.78 is 54.3. The summed E-state index contributed by atoms with van der Waals surface area (Å²) in [5.41, 5.74) is -1.05. The number of benzene rings is 1. The van der Waals surface area contributed by atoms with Gasteiger partial charge in [-0.1, -0.05) is 0 Å². The second-order valence-corrected chi connectivity index (χ2v) is 5.49. The maximum absolute atomic E-state index is 13.7. The van der Waals surface area contributed by atoms with E-state index in [1.807, 2.05) is 0 Å². The lowest BCUT2D eigenvalue weighted by atomic mass is 10.1. The van der Waals surface area contributed by atoms with Gasteiger partial charge in [0.25, 0.3) is 0 Å². The topological polar surface area (TPSA) is 63.7 Å². The van der Waals surface area contributed by atoms with Crippen LogP contribution >= 0.6 is 0 Å². The van der Waals surface area contributed by atoms with Crippen LogP contribution in [0.15, 0.2) is 12.1 Å². The highest BCUT2D eigenvalue weighted by atomic mass is 32.2. The van der Waals surface area contributed by atoms with Crippen LogP contribution in [-0.4, -0.2) is 34.8 Å². The lowest BCUT2D eigenvalue weighted by molar-refractivity contribution is 0.0601. The maximum atomic E-state index is 13.7. The fourth-order valence-electron chi connectivity index (χ4n) is 1.29. The minimum Gasteiger partial charge on any atom is -0.465 e. The van der Waals surface area contributed by atoms with Crippen LogP contribution < -0.4 is 4.31 Å². The smallest absolute Gasteiger partial charge is 0.340 e. The van der Waals surface area contributed by atoms with Crippen LogP contribution in [0.2, 0.25) is 0 Å². The summed E-state index contributed by atoms with van der Waals surface area (Å²) in [5.74, 6) is -3.64. The molecule has 100 valence electrons. The summed E-state index contributed by atoms with van der Waals surface area (Å²) in [7, 11) is -1.78. The first-order valence-electron chi connectivity index (χ1n) is 4.70. The van der Waals surface area contributed by atoms with Gasteiger partial charge < -0.3 is 4.74 Å². The van der Waals surface area contributed by atoms with Gasteiger partial charge in [-0.3, -0.25) is 4.31 Å². The second-order valence-electron chi connectivity index (χ2n) is 3.48. The van der Waals surface area contributed by atoms with Gasteiger partial charge in [0.1, 0.15) is 5.69 Å². The molecule has 0 radical (unpaired) electrons. The average molecular weight is 279 g/mol. The van der Waals surface area contributed by atoms with Crippen molar-refractivity contribution in [1.82, 2.24) is 0 Å². The van der Waals surface area contributed by atoms with Gasteiger partial charge in [-0.15, -0.1) is 0 Å². The van der Waals surface area contributed by atoms with Gasteiger partial charge in [-0.05, 0) is 12.1 Å². The highest BCUT2D eigenvalue weighted by molar-refractivity contribution is 7.92. The van der Waals surface area contributed by atoms with Gasteiger partial charge in [-0.25, -0.2) is 22.0 Å². The van der Waals surface area contributed by atoms with E-state index in [-0.39, 0.29) is 5.56 Å². The zero-order valence-corrected chi connectivity index (χ0v) is 10.7. The molecule has 0 aliphatic heterocycles. The molecule has 0 saturated heterocycles. The molecule has 18 heavy (non-hydrogen) atoms. The molecule has 0 saturated carbocycles. The summed E-state index contributed by atoms with van der Waals surface area (Å²) in [5, 5.41) is 0. The van der Waals surface area contributed by atoms with E-state index in [0.29, 0.717) is 4.31 Å². The van der Waals surface area contributed by atoms with Crippen molar-refractivity contribution in [2.45, 2.75) is 0 Å². The van der Waals surface area contributed by atoms with Crippen molar-refractivity contribution in [3.8, 4) is 0 Å². The number of hydrogen-bond acceptors (Lipinski definition) is 4. The predicted molar refractivity (Wildman–Crippen MR) is 60.9 cm³/mol. The van der Waals surface area contributed by atoms with Gasteiger partial charge in [0.05, 0.1) is 18.9 Å². The molecule has 0 spiro atoms. The van der Waals surface area contributed by atoms with Crippen LogP contribution in [0.5, 0.6) is 0 Å². The molecule has 0 atom stereocenters. The molecular weight excluding hydrogens is 268 g/mol. The van der Waals surface area contributed by atoms with Gasteiger partial charge in [0, 0.05) is 7.05 Å². The summed E-state index contributed by atoms with van der Waals surface area (Å²) >= 11 is 0. The summed E-state index contributed by atoms with van der Waals surface area (Å²) in [6, 6.07) is 1.68. The predicted octanol–water partition coefficient (Wildman–Crippen LogP) is 1.15. The number of esters is 1. The Labute approximate surface area is 103 Å². The highest BCUT2D eigenvalue weighted by Gasteiger charge is 2.26. The second kappa shape index (κ2) is 4.89. The Bertz CT molecular complexity index is 586. The molecule has 0 N–H and O–H groups in total. The van der Waals surface area contributed by atoms with Gasteiger partial charge >= 0.3 is 5.97 Å². The van der Waals surface area contributed by atoms with Crippen LogP contribution in [0.4, 0.5) is 14.5 Å². The normalized spacial score (nSPS) is 11.2. The quantitative estimate of drug-likeness (QED) is 0.779. The molecule has 1 aromatic rings. The van der Waals surface area contributed by atoms with Crippen LogP contribution in [0.3, 0.4) is 0 Å². The number of nitrogens with zero attached hydrogens (tertiary/aromatic N) is 1. The van der Waals surface area contributed by atoms with E-state index < -0.39 is 33.3 Å². The maximum Gasteiger partial charge on any atom is 0.340 e. The minimum atomic E-state index is -3.84. The van der Waals surface area contributed by atoms with E-state index in [4.69, 9.17) is 0 Å². The van der Waals surface area contributed by atoms with Crippen molar-refractivity contribution < 1.29 is 26.7 Å². The first kappa shape index (κ1) is 14.4. The Balaban J connectivity index is 3.58. The Morgan fingerprint density at radius 1 is 1.33 bits per heavy atom. The van der Waals surface area contributed by atoms with Crippen molar-refractivity contribution in [1.29, 1.82) is 0 Å². The number of halogens is 2. The van der Waals surface area contributed by atoms with Crippen LogP contribution in [-0.2, 0) is 14.8 Å². The molecule has 1 aromatic carbocycles. The molecule has 0 bridgehead atoms. The third-order valence-electron chi connectivity index (χ3n) is 2.29. The fraction of sp³-hybridized carbons (Fsp3) is 0.300. The SMILES string of the molecule is COC(=O)c1ccc(F)c(F)c1N(C)S(C)(=O)=O. The first-order chi connectivity index (χ1) is 8.20. The molecule has 0 unspecified atom stereocenters. The molecular formula is C10H11F2NO4S. The van der Waals surface area contributed by atoms with E-state index in [2.05, 4.69) is 4.74 Å². The number of rotatable bonds is 3. The number of sulfonamides is 1. The van der Waals surface area contributed by atoms with Crippen LogP contribution in [0, 0.1) is 11.6 Å². The Kier molecular flexibility index (Phi) is 3.90. The molecule has 0 fully saturated rings. The number of hydrogen-bond donors (Lipinski definition) is 0. The molecule has 0 aliphatic carbocycles. The highest BCUT2D eigenvalue weighted by Crippen LogP contribution is 2.28. The molecule has 0 aliphatic rings. The van der Waals surface area contributed by atoms with Crippen molar-refractivity contribution in [2.24, 2.45) is 0 Å². The van der Waals surface area contributed by atoms with Crippen molar-refractivity contribution in [2.75, 3.05) is 24.7 Å². The Hall–Kier alpha value is -1.70. The molecule has 8 heteroatoms. The lowest BCUT2D eigenvalue weighted by Crippen LogP contribution is -2.28. The summed E-state index contributed by atoms with van der Waals surface area (Å²) in [6.45, 7) is 0. The average Bonchev–Trinajstić information content (AvgIpc) is 2.29. The molecule has 0 heterocycles. The third-order valence-corrected chi connectivity index (χ3v) is 3.46. The fourth-order valence-corrected chi connectivity index (χ4v) is 1.80. The van der Waals surface area contributed by atoms with Crippen LogP contribution in [0.1, 0.15) is 10.4 Å². The Morgan fingerprint density at radius 2 is 1.89 bits per heavy atom. The number of methoxy groups -OCH3 is 1. The Morgan fingerprint density at radius 3 is 2.33 bits per heavy atom.